The quantitative estimate of drug-likeness (QED) is 0.868. The predicted molar refractivity (Wildman–Crippen MR) is 85.5 cm³/mol. The maximum atomic E-state index is 12.7. The molecule has 1 aromatic carbocycles. The number of amides is 1. The van der Waals surface area contributed by atoms with E-state index in [1.165, 1.54) is 0 Å². The summed E-state index contributed by atoms with van der Waals surface area (Å²) in [5.74, 6) is 1.60. The Kier molecular flexibility index (Phi) is 5.75. The first-order valence-corrected chi connectivity index (χ1v) is 8.43. The Morgan fingerprint density at radius 3 is 2.75 bits per heavy atom. The third-order valence-corrected chi connectivity index (χ3v) is 4.90. The minimum atomic E-state index is 0.0962. The van der Waals surface area contributed by atoms with Crippen LogP contribution in [-0.2, 0) is 0 Å². The summed E-state index contributed by atoms with van der Waals surface area (Å²) in [5, 5.41) is 0.616. The molecule has 0 spiro atoms. The molecule has 1 aliphatic heterocycles. The lowest BCUT2D eigenvalue weighted by atomic mass is 9.96. The van der Waals surface area contributed by atoms with Crippen molar-refractivity contribution in [2.45, 2.75) is 24.7 Å². The topological polar surface area (TPSA) is 46.3 Å². The van der Waals surface area contributed by atoms with Crippen LogP contribution in [0.15, 0.2) is 23.1 Å². The standard InChI is InChI=1S/C15H21ClN2OS/c1-2-20-14-4-3-12(16)9-13(14)15(19)18-7-5-11(10-17)6-8-18/h3-4,9,11H,2,5-8,10,17H2,1H3. The predicted octanol–water partition coefficient (Wildman–Crippen LogP) is 3.26. The van der Waals surface area contributed by atoms with Gasteiger partial charge in [0.1, 0.15) is 0 Å². The summed E-state index contributed by atoms with van der Waals surface area (Å²) in [6.45, 7) is 4.39. The van der Waals surface area contributed by atoms with Gasteiger partial charge in [-0.05, 0) is 49.3 Å². The summed E-state index contributed by atoms with van der Waals surface area (Å²) in [6.07, 6.45) is 2.00. The van der Waals surface area contributed by atoms with Gasteiger partial charge in [0.25, 0.3) is 5.91 Å². The smallest absolute Gasteiger partial charge is 0.255 e. The summed E-state index contributed by atoms with van der Waals surface area (Å²) >= 11 is 7.73. The van der Waals surface area contributed by atoms with Crippen molar-refractivity contribution in [1.29, 1.82) is 0 Å². The molecule has 1 amide bonds. The largest absolute Gasteiger partial charge is 0.339 e. The van der Waals surface area contributed by atoms with Crippen LogP contribution in [0.1, 0.15) is 30.1 Å². The van der Waals surface area contributed by atoms with Crippen LogP contribution >= 0.6 is 23.4 Å². The number of piperidine rings is 1. The van der Waals surface area contributed by atoms with Crippen molar-refractivity contribution in [1.82, 2.24) is 4.90 Å². The molecule has 1 saturated heterocycles. The van der Waals surface area contributed by atoms with E-state index in [0.29, 0.717) is 10.9 Å². The molecule has 1 aromatic rings. The Hall–Kier alpha value is -0.710. The molecule has 0 unspecified atom stereocenters. The first-order chi connectivity index (χ1) is 9.65. The van der Waals surface area contributed by atoms with Crippen LogP contribution in [0.2, 0.25) is 5.02 Å². The highest BCUT2D eigenvalue weighted by Crippen LogP contribution is 2.28. The monoisotopic (exact) mass is 312 g/mol. The van der Waals surface area contributed by atoms with E-state index in [2.05, 4.69) is 6.92 Å². The van der Waals surface area contributed by atoms with Crippen LogP contribution in [0.5, 0.6) is 0 Å². The van der Waals surface area contributed by atoms with Gasteiger partial charge in [-0.3, -0.25) is 4.79 Å². The van der Waals surface area contributed by atoms with Crippen LogP contribution in [0, 0.1) is 5.92 Å². The van der Waals surface area contributed by atoms with Crippen molar-refractivity contribution in [2.24, 2.45) is 11.7 Å². The number of rotatable bonds is 4. The molecule has 0 aromatic heterocycles. The van der Waals surface area contributed by atoms with Crippen molar-refractivity contribution in [3.05, 3.63) is 28.8 Å². The number of halogens is 1. The molecule has 0 saturated carbocycles. The highest BCUT2D eigenvalue weighted by atomic mass is 35.5. The van der Waals surface area contributed by atoms with E-state index in [1.54, 1.807) is 17.8 Å². The van der Waals surface area contributed by atoms with Gasteiger partial charge in [0, 0.05) is 23.0 Å². The minimum absolute atomic E-state index is 0.0962. The Bertz CT molecular complexity index is 473. The van der Waals surface area contributed by atoms with Crippen LogP contribution in [0.4, 0.5) is 0 Å². The lowest BCUT2D eigenvalue weighted by molar-refractivity contribution is 0.0690. The van der Waals surface area contributed by atoms with E-state index in [9.17, 15) is 4.79 Å². The Morgan fingerprint density at radius 2 is 2.15 bits per heavy atom. The van der Waals surface area contributed by atoms with Gasteiger partial charge < -0.3 is 10.6 Å². The van der Waals surface area contributed by atoms with Crippen molar-refractivity contribution in [3.8, 4) is 0 Å². The van der Waals surface area contributed by atoms with Gasteiger partial charge in [-0.25, -0.2) is 0 Å². The molecule has 1 fully saturated rings. The fourth-order valence-corrected chi connectivity index (χ4v) is 3.44. The number of thioether (sulfide) groups is 1. The molecule has 3 nitrogen and oxygen atoms in total. The number of likely N-dealkylation sites (tertiary alicyclic amines) is 1. The molecule has 2 rings (SSSR count). The van der Waals surface area contributed by atoms with Crippen molar-refractivity contribution >= 4 is 29.3 Å². The van der Waals surface area contributed by atoms with Crippen molar-refractivity contribution in [2.75, 3.05) is 25.4 Å². The average molecular weight is 313 g/mol. The zero-order chi connectivity index (χ0) is 14.5. The number of carbonyl (C=O) groups excluding carboxylic acids is 1. The highest BCUT2D eigenvalue weighted by molar-refractivity contribution is 7.99. The molecule has 1 aliphatic rings. The zero-order valence-electron chi connectivity index (χ0n) is 11.8. The maximum absolute atomic E-state index is 12.7. The number of benzene rings is 1. The highest BCUT2D eigenvalue weighted by Gasteiger charge is 2.24. The first-order valence-electron chi connectivity index (χ1n) is 7.07. The summed E-state index contributed by atoms with van der Waals surface area (Å²) in [4.78, 5) is 15.6. The summed E-state index contributed by atoms with van der Waals surface area (Å²) < 4.78 is 0. The molecule has 20 heavy (non-hydrogen) atoms. The van der Waals surface area contributed by atoms with Crippen molar-refractivity contribution < 1.29 is 4.79 Å². The normalized spacial score (nSPS) is 16.4. The molecule has 110 valence electrons. The second kappa shape index (κ2) is 7.34. The summed E-state index contributed by atoms with van der Waals surface area (Å²) in [6, 6.07) is 5.57. The third-order valence-electron chi connectivity index (χ3n) is 3.71. The Balaban J connectivity index is 2.14. The van der Waals surface area contributed by atoms with Crippen LogP contribution in [0.25, 0.3) is 0 Å². The Morgan fingerprint density at radius 1 is 1.45 bits per heavy atom. The first kappa shape index (κ1) is 15.7. The molecule has 0 radical (unpaired) electrons. The van der Waals surface area contributed by atoms with Gasteiger partial charge in [0.05, 0.1) is 5.56 Å². The molecule has 0 atom stereocenters. The molecule has 0 aliphatic carbocycles. The van der Waals surface area contributed by atoms with Gasteiger partial charge in [0.15, 0.2) is 0 Å². The minimum Gasteiger partial charge on any atom is -0.339 e. The molecule has 5 heteroatoms. The average Bonchev–Trinajstić information content (AvgIpc) is 2.48. The molecule has 1 heterocycles. The fourth-order valence-electron chi connectivity index (χ4n) is 2.49. The van der Waals surface area contributed by atoms with Gasteiger partial charge >= 0.3 is 0 Å². The number of carbonyl (C=O) groups is 1. The lowest BCUT2D eigenvalue weighted by Gasteiger charge is -2.31. The van der Waals surface area contributed by atoms with Crippen LogP contribution in [-0.4, -0.2) is 36.2 Å². The molecule has 0 bridgehead atoms. The number of nitrogens with zero attached hydrogens (tertiary/aromatic N) is 1. The van der Waals surface area contributed by atoms with E-state index >= 15 is 0 Å². The van der Waals surface area contributed by atoms with Crippen LogP contribution in [0.3, 0.4) is 0 Å². The van der Waals surface area contributed by atoms with Gasteiger partial charge in [0.2, 0.25) is 0 Å². The van der Waals surface area contributed by atoms with E-state index in [-0.39, 0.29) is 5.91 Å². The van der Waals surface area contributed by atoms with Gasteiger partial charge in [-0.1, -0.05) is 18.5 Å². The van der Waals surface area contributed by atoms with Gasteiger partial charge in [-0.2, -0.15) is 0 Å². The summed E-state index contributed by atoms with van der Waals surface area (Å²) in [7, 11) is 0. The Labute approximate surface area is 129 Å². The third kappa shape index (κ3) is 3.68. The molecular weight excluding hydrogens is 292 g/mol. The zero-order valence-corrected chi connectivity index (χ0v) is 13.3. The lowest BCUT2D eigenvalue weighted by Crippen LogP contribution is -2.40. The SMILES string of the molecule is CCSc1ccc(Cl)cc1C(=O)N1CCC(CN)CC1. The molecular formula is C15H21ClN2OS. The fraction of sp³-hybridized carbons (Fsp3) is 0.533. The van der Waals surface area contributed by atoms with Crippen molar-refractivity contribution in [3.63, 3.8) is 0 Å². The van der Waals surface area contributed by atoms with Crippen LogP contribution < -0.4 is 5.73 Å². The van der Waals surface area contributed by atoms with E-state index in [4.69, 9.17) is 17.3 Å². The number of nitrogens with two attached hydrogens (primary N) is 1. The van der Waals surface area contributed by atoms with E-state index in [1.807, 2.05) is 17.0 Å². The maximum Gasteiger partial charge on any atom is 0.255 e. The number of hydrogen-bond acceptors (Lipinski definition) is 3. The number of hydrogen-bond donors (Lipinski definition) is 1. The van der Waals surface area contributed by atoms with Gasteiger partial charge in [-0.15, -0.1) is 11.8 Å². The summed E-state index contributed by atoms with van der Waals surface area (Å²) in [5.41, 5.74) is 6.43. The molecule has 2 N–H and O–H groups in total. The second-order valence-electron chi connectivity index (χ2n) is 5.04. The van der Waals surface area contributed by atoms with E-state index < -0.39 is 0 Å². The second-order valence-corrected chi connectivity index (χ2v) is 6.79. The van der Waals surface area contributed by atoms with E-state index in [0.717, 1.165) is 48.7 Å².